The van der Waals surface area contributed by atoms with Gasteiger partial charge in [0.25, 0.3) is 0 Å². The van der Waals surface area contributed by atoms with E-state index in [2.05, 4.69) is 64.3 Å². The highest BCUT2D eigenvalue weighted by molar-refractivity contribution is 5.84. The molecule has 0 aliphatic carbocycles. The lowest BCUT2D eigenvalue weighted by Crippen LogP contribution is -1.93. The van der Waals surface area contributed by atoms with E-state index in [1.165, 1.54) is 16.7 Å². The zero-order valence-corrected chi connectivity index (χ0v) is 11.0. The van der Waals surface area contributed by atoms with Gasteiger partial charge in [-0.25, -0.2) is 0 Å². The van der Waals surface area contributed by atoms with Gasteiger partial charge in [0.2, 0.25) is 0 Å². The highest BCUT2D eigenvalue weighted by Crippen LogP contribution is 2.28. The maximum absolute atomic E-state index is 3.91. The number of hydrogen-bond donors (Lipinski definition) is 0. The van der Waals surface area contributed by atoms with E-state index in [4.69, 9.17) is 0 Å². The second kappa shape index (κ2) is 6.05. The van der Waals surface area contributed by atoms with Crippen molar-refractivity contribution >= 4 is 5.57 Å². The third-order valence-electron chi connectivity index (χ3n) is 2.95. The predicted molar refractivity (Wildman–Crippen MR) is 77.9 cm³/mol. The summed E-state index contributed by atoms with van der Waals surface area (Å²) in [7, 11) is 0. The Morgan fingerprint density at radius 2 is 1.76 bits per heavy atom. The Hall–Kier alpha value is -1.82. The largest absolute Gasteiger partial charge is 0.0988 e. The van der Waals surface area contributed by atoms with Crippen LogP contribution in [0.4, 0.5) is 0 Å². The third-order valence-corrected chi connectivity index (χ3v) is 2.95. The molecule has 0 heterocycles. The third kappa shape index (κ3) is 2.85. The number of allylic oxidation sites excluding steroid dienone is 6. The van der Waals surface area contributed by atoms with Crippen LogP contribution in [-0.4, -0.2) is 0 Å². The van der Waals surface area contributed by atoms with Crippen LogP contribution in [0.1, 0.15) is 25.0 Å². The topological polar surface area (TPSA) is 0 Å². The Kier molecular flexibility index (Phi) is 4.71. The summed E-state index contributed by atoms with van der Waals surface area (Å²) < 4.78 is 0. The maximum Gasteiger partial charge on any atom is -0.0149 e. The van der Waals surface area contributed by atoms with Crippen LogP contribution in [0.5, 0.6) is 0 Å². The molecule has 0 radical (unpaired) electrons. The van der Waals surface area contributed by atoms with Crippen molar-refractivity contribution in [2.24, 2.45) is 0 Å². The summed E-state index contributed by atoms with van der Waals surface area (Å²) in [6.07, 6.45) is 5.91. The molecule has 1 rings (SSSR count). The molecule has 0 aromatic heterocycles. The lowest BCUT2D eigenvalue weighted by molar-refractivity contribution is 1.39. The van der Waals surface area contributed by atoms with Crippen LogP contribution in [0.15, 0.2) is 66.8 Å². The Morgan fingerprint density at radius 3 is 2.24 bits per heavy atom. The molecule has 0 N–H and O–H groups in total. The molecule has 17 heavy (non-hydrogen) atoms. The summed E-state index contributed by atoms with van der Waals surface area (Å²) in [5.41, 5.74) is 6.05. The van der Waals surface area contributed by atoms with E-state index in [0.717, 1.165) is 11.1 Å². The second-order valence-electron chi connectivity index (χ2n) is 4.02. The second-order valence-corrected chi connectivity index (χ2v) is 4.02. The fourth-order valence-corrected chi connectivity index (χ4v) is 1.92. The van der Waals surface area contributed by atoms with Crippen LogP contribution in [0, 0.1) is 6.92 Å². The highest BCUT2D eigenvalue weighted by Gasteiger charge is 2.08. The quantitative estimate of drug-likeness (QED) is 0.625. The van der Waals surface area contributed by atoms with Gasteiger partial charge in [0.1, 0.15) is 0 Å². The summed E-state index contributed by atoms with van der Waals surface area (Å²) in [6.45, 7) is 14.0. The number of hydrogen-bond acceptors (Lipinski definition) is 0. The summed E-state index contributed by atoms with van der Waals surface area (Å²) in [5, 5.41) is 0. The molecule has 0 amide bonds. The molecule has 0 fully saturated rings. The molecule has 1 aromatic carbocycles. The van der Waals surface area contributed by atoms with Crippen molar-refractivity contribution in [2.75, 3.05) is 0 Å². The SMILES string of the molecule is C=C/C(C)=C(C=C)/C(=C\C)c1ccccc1C. The van der Waals surface area contributed by atoms with Gasteiger partial charge >= 0.3 is 0 Å². The maximum atomic E-state index is 3.91. The first-order chi connectivity index (χ1) is 8.15. The molecule has 88 valence electrons. The van der Waals surface area contributed by atoms with E-state index in [9.17, 15) is 0 Å². The monoisotopic (exact) mass is 224 g/mol. The van der Waals surface area contributed by atoms with E-state index in [-0.39, 0.29) is 0 Å². The van der Waals surface area contributed by atoms with Crippen LogP contribution in [0.3, 0.4) is 0 Å². The molecule has 1 aromatic rings. The molecule has 0 heteroatoms. The van der Waals surface area contributed by atoms with Crippen molar-refractivity contribution in [3.05, 3.63) is 77.9 Å². The van der Waals surface area contributed by atoms with Crippen molar-refractivity contribution in [2.45, 2.75) is 20.8 Å². The summed E-state index contributed by atoms with van der Waals surface area (Å²) in [4.78, 5) is 0. The minimum absolute atomic E-state index is 1.15. The fraction of sp³-hybridized carbons (Fsp3) is 0.176. The number of aryl methyl sites for hydroxylation is 1. The average Bonchev–Trinajstić information content (AvgIpc) is 2.36. The summed E-state index contributed by atoms with van der Waals surface area (Å²) >= 11 is 0. The first-order valence-corrected chi connectivity index (χ1v) is 5.84. The highest BCUT2D eigenvalue weighted by atomic mass is 14.1. The summed E-state index contributed by atoms with van der Waals surface area (Å²) in [5.74, 6) is 0. The van der Waals surface area contributed by atoms with Gasteiger partial charge in [-0.05, 0) is 48.6 Å². The predicted octanol–water partition coefficient (Wildman–Crippen LogP) is 5.09. The normalized spacial score (nSPS) is 13.0. The Morgan fingerprint density at radius 1 is 1.12 bits per heavy atom. The zero-order chi connectivity index (χ0) is 12.8. The smallest absolute Gasteiger partial charge is 0.0149 e. The molecular weight excluding hydrogens is 204 g/mol. The van der Waals surface area contributed by atoms with E-state index < -0.39 is 0 Å². The van der Waals surface area contributed by atoms with Crippen LogP contribution < -0.4 is 0 Å². The van der Waals surface area contributed by atoms with Crippen molar-refractivity contribution in [1.29, 1.82) is 0 Å². The first-order valence-electron chi connectivity index (χ1n) is 5.84. The van der Waals surface area contributed by atoms with Gasteiger partial charge < -0.3 is 0 Å². The minimum atomic E-state index is 1.15. The van der Waals surface area contributed by atoms with E-state index in [0.29, 0.717) is 0 Å². The van der Waals surface area contributed by atoms with Crippen LogP contribution in [-0.2, 0) is 0 Å². The molecule has 0 spiro atoms. The van der Waals surface area contributed by atoms with E-state index in [1.54, 1.807) is 0 Å². The Labute approximate surface area is 105 Å². The van der Waals surface area contributed by atoms with Gasteiger partial charge in [-0.15, -0.1) is 0 Å². The van der Waals surface area contributed by atoms with Gasteiger partial charge in [-0.3, -0.25) is 0 Å². The molecule has 0 saturated carbocycles. The summed E-state index contributed by atoms with van der Waals surface area (Å²) in [6, 6.07) is 8.40. The van der Waals surface area contributed by atoms with Gasteiger partial charge in [0.15, 0.2) is 0 Å². The van der Waals surface area contributed by atoms with Crippen molar-refractivity contribution in [3.8, 4) is 0 Å². The Bertz CT molecular complexity index is 485. The average molecular weight is 224 g/mol. The van der Waals surface area contributed by atoms with Crippen LogP contribution in [0.2, 0.25) is 0 Å². The fourth-order valence-electron chi connectivity index (χ4n) is 1.92. The van der Waals surface area contributed by atoms with E-state index in [1.807, 2.05) is 12.2 Å². The molecule has 0 bridgehead atoms. The first kappa shape index (κ1) is 13.2. The number of rotatable bonds is 4. The van der Waals surface area contributed by atoms with Crippen molar-refractivity contribution < 1.29 is 0 Å². The number of benzene rings is 1. The van der Waals surface area contributed by atoms with Crippen LogP contribution in [0.25, 0.3) is 5.57 Å². The van der Waals surface area contributed by atoms with Gasteiger partial charge in [-0.2, -0.15) is 0 Å². The van der Waals surface area contributed by atoms with E-state index >= 15 is 0 Å². The lowest BCUT2D eigenvalue weighted by Gasteiger charge is -2.13. The molecule has 0 saturated heterocycles. The molecule has 0 aliphatic rings. The molecule has 0 aliphatic heterocycles. The van der Waals surface area contributed by atoms with Gasteiger partial charge in [0.05, 0.1) is 0 Å². The van der Waals surface area contributed by atoms with Gasteiger partial charge in [0, 0.05) is 0 Å². The van der Waals surface area contributed by atoms with Crippen molar-refractivity contribution in [3.63, 3.8) is 0 Å². The molecule has 0 unspecified atom stereocenters. The zero-order valence-electron chi connectivity index (χ0n) is 11.0. The molecular formula is C17H20. The standard InChI is InChI=1S/C17H20/c1-6-13(4)15(7-2)16(8-3)17-12-10-9-11-14(17)5/h6-12H,1-2H2,3-5H3/b15-13+,16-8+. The van der Waals surface area contributed by atoms with Crippen LogP contribution >= 0.6 is 0 Å². The minimum Gasteiger partial charge on any atom is -0.0988 e. The van der Waals surface area contributed by atoms with Gasteiger partial charge in [-0.1, -0.05) is 55.7 Å². The molecule has 0 nitrogen and oxygen atoms in total. The molecule has 0 atom stereocenters. The Balaban J connectivity index is 3.41. The van der Waals surface area contributed by atoms with Crippen molar-refractivity contribution in [1.82, 2.24) is 0 Å². The lowest BCUT2D eigenvalue weighted by atomic mass is 9.91.